The minimum absolute atomic E-state index is 0. The maximum atomic E-state index is 13.1. The molecule has 0 atom stereocenters. The first-order chi connectivity index (χ1) is 28.4. The van der Waals surface area contributed by atoms with Crippen LogP contribution in [0.3, 0.4) is 0 Å². The summed E-state index contributed by atoms with van der Waals surface area (Å²) in [6, 6.07) is 16.3. The van der Waals surface area contributed by atoms with Gasteiger partial charge >= 0.3 is 46.6 Å². The molecule has 0 aliphatic heterocycles. The van der Waals surface area contributed by atoms with Crippen LogP contribution in [0.4, 0.5) is 45.9 Å². The second-order valence-corrected chi connectivity index (χ2v) is 18.2. The summed E-state index contributed by atoms with van der Waals surface area (Å²) >= 11 is -0.392. The van der Waals surface area contributed by atoms with E-state index in [1.807, 2.05) is 51.2 Å². The van der Waals surface area contributed by atoms with Crippen LogP contribution in [-0.2, 0) is 14.2 Å². The van der Waals surface area contributed by atoms with E-state index in [0.29, 0.717) is 0 Å². The normalized spacial score (nSPS) is 10.5. The molecule has 20 heteroatoms. The van der Waals surface area contributed by atoms with Crippen molar-refractivity contribution < 1.29 is 68.6 Å². The van der Waals surface area contributed by atoms with E-state index in [4.69, 9.17) is 30.0 Å². The third-order valence-corrected chi connectivity index (χ3v) is 9.11. The van der Waals surface area contributed by atoms with E-state index in [2.05, 4.69) is 48.0 Å². The molecular weight excluding hydrogens is 918 g/mol. The smallest absolute Gasteiger partial charge is 0.444 e. The first-order valence-corrected chi connectivity index (χ1v) is 20.5. The lowest BCUT2D eigenvalue weighted by molar-refractivity contribution is -0.596. The Morgan fingerprint density at radius 2 is 1.00 bits per heavy atom. The number of rotatable bonds is 6. The Hall–Kier alpha value is -6.00. The molecule has 0 aliphatic carbocycles. The van der Waals surface area contributed by atoms with Gasteiger partial charge in [-0.3, -0.25) is 35.9 Å². The molecule has 1 aromatic carbocycles. The predicted octanol–water partition coefficient (Wildman–Crippen LogP) is 4.67. The van der Waals surface area contributed by atoms with Crippen molar-refractivity contribution in [2.24, 2.45) is 0 Å². The molecule has 0 spiro atoms. The molecule has 0 unspecified atom stereocenters. The van der Waals surface area contributed by atoms with Crippen LogP contribution in [-0.4, -0.2) is 72.2 Å². The van der Waals surface area contributed by atoms with Crippen LogP contribution in [0.15, 0.2) is 104 Å². The molecule has 7 N–H and O–H groups in total. The number of aromatic nitrogens is 4. The topological polar surface area (TPSA) is 233 Å². The predicted molar refractivity (Wildman–Crippen MR) is 231 cm³/mol. The first-order valence-electron chi connectivity index (χ1n) is 18.3. The third kappa shape index (κ3) is 23.1. The number of ether oxygens (including phenoxy) is 3. The van der Waals surface area contributed by atoms with E-state index in [9.17, 15) is 23.2 Å². The third-order valence-electron chi connectivity index (χ3n) is 6.33. The maximum Gasteiger partial charge on any atom is 0.492 e. The number of nitrogen functional groups attached to an aromatic ring is 1. The number of halogens is 3. The van der Waals surface area contributed by atoms with Crippen molar-refractivity contribution in [3.63, 3.8) is 0 Å². The van der Waals surface area contributed by atoms with Crippen molar-refractivity contribution in [3.05, 3.63) is 123 Å². The standard InChI is InChI=1S/C16H17IN2O2.C10H15BN2O4.C10H13FN2O2.C5H5FN2.CH4/c1-16(2,3)21-15(20)19-14-9-10-18-11-13(14)17-12-7-5-4-6-8-12;1-10(2,3)17-9(14)13-8-4-5-12-6-7(8)11(15)16;1-10(2,3)15-9(14)13-8-4-5-12-6-7(8)11;6-4-3-8-2-1-5(4)7;/h4-11H,1-3H3;4-6,15-16H,1-3H3,(H,12,13,14);4-6H,1-3H3,(H,12,13,14);1-3H,(H2,7,8);1H4/p+1/i;;11-1;6-1;. The summed E-state index contributed by atoms with van der Waals surface area (Å²) in [4.78, 5) is 49.6. The summed E-state index contributed by atoms with van der Waals surface area (Å²) in [5.74, 6) is -1.06. The minimum Gasteiger partial charge on any atom is -0.444 e. The SMILES string of the molecule is C.CC(C)(C)OC(=O)Nc1ccncc1B(O)O.CC(C)(C)OC(=O)Nc1ccncc1[18F].CC(C)(C)OC(=O)Nc1ccncc1[I+]c1ccccc1.Nc1ccncc1[18F]. The molecule has 5 aromatic rings. The lowest BCUT2D eigenvalue weighted by Crippen LogP contribution is -3.61. The second kappa shape index (κ2) is 25.7. The van der Waals surface area contributed by atoms with Gasteiger partial charge in [-0.1, -0.05) is 25.6 Å². The van der Waals surface area contributed by atoms with Gasteiger partial charge < -0.3 is 30.0 Å². The van der Waals surface area contributed by atoms with E-state index < -0.39 is 75.0 Å². The molecule has 0 aliphatic rings. The summed E-state index contributed by atoms with van der Waals surface area (Å²) < 4.78 is 42.8. The molecule has 5 rings (SSSR count). The lowest BCUT2D eigenvalue weighted by atomic mass is 9.80. The van der Waals surface area contributed by atoms with Gasteiger partial charge in [-0.15, -0.1) is 0 Å². The van der Waals surface area contributed by atoms with E-state index in [1.165, 1.54) is 46.6 Å². The number of nitrogens with one attached hydrogen (secondary N) is 3. The number of benzene rings is 1. The quantitative estimate of drug-likeness (QED) is 0.0773. The molecule has 3 amide bonds. The minimum atomic E-state index is -1.70. The molecule has 0 saturated carbocycles. The first kappa shape index (κ1) is 54.0. The van der Waals surface area contributed by atoms with Crippen LogP contribution in [0, 0.1) is 18.8 Å². The fourth-order valence-electron chi connectivity index (χ4n) is 3.98. The number of pyridine rings is 4. The molecule has 0 radical (unpaired) electrons. The highest BCUT2D eigenvalue weighted by Crippen LogP contribution is 2.15. The Labute approximate surface area is 371 Å². The summed E-state index contributed by atoms with van der Waals surface area (Å²) in [5, 5.41) is 25.7. The number of hydrogen-bond acceptors (Lipinski definition) is 13. The number of carbonyl (C=O) groups is 3. The van der Waals surface area contributed by atoms with Gasteiger partial charge in [0.25, 0.3) is 0 Å². The van der Waals surface area contributed by atoms with E-state index in [-0.39, 0.29) is 30.0 Å². The number of amides is 3. The highest BCUT2D eigenvalue weighted by Gasteiger charge is 2.24. The molecule has 0 fully saturated rings. The number of nitrogens with two attached hydrogens (primary N) is 1. The van der Waals surface area contributed by atoms with Gasteiger partial charge in [-0.2, -0.15) is 0 Å². The molecule has 62 heavy (non-hydrogen) atoms. The summed E-state index contributed by atoms with van der Waals surface area (Å²) in [6.45, 7) is 15.9. The zero-order valence-corrected chi connectivity index (χ0v) is 37.4. The monoisotopic (exact) mass is 973 g/mol. The Morgan fingerprint density at radius 1 is 0.597 bits per heavy atom. The molecule has 0 bridgehead atoms. The van der Waals surface area contributed by atoms with Gasteiger partial charge in [0.2, 0.25) is 3.57 Å². The van der Waals surface area contributed by atoms with Crippen LogP contribution in [0.2, 0.25) is 0 Å². The van der Waals surface area contributed by atoms with Crippen molar-refractivity contribution in [3.8, 4) is 0 Å². The van der Waals surface area contributed by atoms with Crippen molar-refractivity contribution in [1.82, 2.24) is 19.9 Å². The van der Waals surface area contributed by atoms with Gasteiger partial charge in [-0.25, -0.2) is 23.2 Å². The fourth-order valence-corrected chi connectivity index (χ4v) is 6.33. The summed E-state index contributed by atoms with van der Waals surface area (Å²) in [6.07, 6.45) is 9.31. The lowest BCUT2D eigenvalue weighted by Gasteiger charge is -2.20. The van der Waals surface area contributed by atoms with E-state index in [1.54, 1.807) is 47.7 Å². The Balaban J connectivity index is 0.000000428. The zero-order chi connectivity index (χ0) is 45.8. The Kier molecular flexibility index (Phi) is 22.4. The van der Waals surface area contributed by atoms with Gasteiger partial charge in [0.05, 0.1) is 30.0 Å². The van der Waals surface area contributed by atoms with Gasteiger partial charge in [-0.05, 0) is 98.7 Å². The van der Waals surface area contributed by atoms with Gasteiger partial charge in [0.15, 0.2) is 15.2 Å². The van der Waals surface area contributed by atoms with Crippen LogP contribution in [0.1, 0.15) is 69.7 Å². The average molecular weight is 974 g/mol. The van der Waals surface area contributed by atoms with Crippen LogP contribution in [0.5, 0.6) is 0 Å². The van der Waals surface area contributed by atoms with Crippen LogP contribution in [0.25, 0.3) is 0 Å². The molecule has 4 aromatic heterocycles. The second-order valence-electron chi connectivity index (χ2n) is 15.2. The Bertz CT molecular complexity index is 2140. The fraction of sp³-hybridized carbons (Fsp3) is 0.310. The highest BCUT2D eigenvalue weighted by atomic mass is 127. The molecule has 334 valence electrons. The number of nitrogens with zero attached hydrogens (tertiary/aromatic N) is 4. The van der Waals surface area contributed by atoms with E-state index in [0.717, 1.165) is 21.7 Å². The van der Waals surface area contributed by atoms with Crippen molar-refractivity contribution in [2.45, 2.75) is 86.5 Å². The Morgan fingerprint density at radius 3 is 1.44 bits per heavy atom. The zero-order valence-electron chi connectivity index (χ0n) is 35.2. The highest BCUT2D eigenvalue weighted by molar-refractivity contribution is 6.60. The molecule has 16 nitrogen and oxygen atoms in total. The van der Waals surface area contributed by atoms with E-state index >= 15 is 0 Å². The molecular formula is C42H55BF2IN8O8+. The van der Waals surface area contributed by atoms with Crippen molar-refractivity contribution >= 4 is 53.6 Å². The average Bonchev–Trinajstić information content (AvgIpc) is 3.14. The summed E-state index contributed by atoms with van der Waals surface area (Å²) in [5.41, 5.74) is 4.71. The van der Waals surface area contributed by atoms with Gasteiger partial charge in [0.1, 0.15) is 22.5 Å². The van der Waals surface area contributed by atoms with Gasteiger partial charge in [0, 0.05) is 42.1 Å². The number of anilines is 4. The maximum absolute atomic E-state index is 13.1. The number of carbonyl (C=O) groups excluding carboxylic acids is 3. The van der Waals surface area contributed by atoms with Crippen LogP contribution < -0.4 is 48.4 Å². The molecule has 0 saturated heterocycles. The van der Waals surface area contributed by atoms with Crippen molar-refractivity contribution in [2.75, 3.05) is 21.7 Å². The van der Waals surface area contributed by atoms with Crippen LogP contribution >= 0.6 is 0 Å². The largest absolute Gasteiger partial charge is 0.492 e. The summed E-state index contributed by atoms with van der Waals surface area (Å²) in [7, 11) is -1.70. The molecule has 4 heterocycles. The van der Waals surface area contributed by atoms with Crippen molar-refractivity contribution in [1.29, 1.82) is 0 Å². The number of hydrogen-bond donors (Lipinski definition) is 6.